The maximum Gasteiger partial charge on any atom is 0.306 e. The Balaban J connectivity index is 2.27. The molecule has 1 rings (SSSR count). The fraction of sp³-hybridized carbons (Fsp3) is 0.857. The number of hydrogen-bond acceptors (Lipinski definition) is 3. The molecule has 1 fully saturated rings. The molecule has 1 aliphatic rings. The number of amides is 1. The lowest BCUT2D eigenvalue weighted by molar-refractivity contribution is -0.143. The van der Waals surface area contributed by atoms with Crippen molar-refractivity contribution in [2.75, 3.05) is 19.6 Å². The van der Waals surface area contributed by atoms with Gasteiger partial charge in [0, 0.05) is 6.54 Å². The summed E-state index contributed by atoms with van der Waals surface area (Å²) < 4.78 is 0. The van der Waals surface area contributed by atoms with E-state index >= 15 is 0 Å². The zero-order valence-electron chi connectivity index (χ0n) is 12.0. The molecule has 0 spiro atoms. The first-order valence-electron chi connectivity index (χ1n) is 7.30. The highest BCUT2D eigenvalue weighted by Crippen LogP contribution is 2.19. The van der Waals surface area contributed by atoms with Crippen LogP contribution in [0.3, 0.4) is 0 Å². The normalized spacial score (nSPS) is 19.1. The monoisotopic (exact) mass is 270 g/mol. The summed E-state index contributed by atoms with van der Waals surface area (Å²) in [5.41, 5.74) is 0. The second-order valence-electron chi connectivity index (χ2n) is 5.32. The fourth-order valence-corrected chi connectivity index (χ4v) is 2.43. The molecule has 1 aliphatic heterocycles. The van der Waals surface area contributed by atoms with E-state index in [0.717, 1.165) is 25.8 Å². The summed E-state index contributed by atoms with van der Waals surface area (Å²) in [4.78, 5) is 24.9. The van der Waals surface area contributed by atoms with Crippen molar-refractivity contribution in [3.8, 4) is 0 Å². The fourth-order valence-electron chi connectivity index (χ4n) is 2.43. The molecule has 0 aromatic carbocycles. The van der Waals surface area contributed by atoms with Crippen molar-refractivity contribution in [3.05, 3.63) is 0 Å². The van der Waals surface area contributed by atoms with E-state index in [0.29, 0.717) is 25.9 Å². The van der Waals surface area contributed by atoms with Crippen LogP contribution in [0.15, 0.2) is 0 Å². The van der Waals surface area contributed by atoms with Gasteiger partial charge < -0.3 is 10.4 Å². The Morgan fingerprint density at radius 3 is 2.47 bits per heavy atom. The van der Waals surface area contributed by atoms with Gasteiger partial charge in [0.25, 0.3) is 0 Å². The molecule has 19 heavy (non-hydrogen) atoms. The Bertz CT molecular complexity index is 299. The van der Waals surface area contributed by atoms with Gasteiger partial charge in [0.15, 0.2) is 0 Å². The number of unbranched alkanes of at least 4 members (excludes halogenated alkanes) is 2. The highest BCUT2D eigenvalue weighted by atomic mass is 16.4. The van der Waals surface area contributed by atoms with Crippen molar-refractivity contribution in [3.63, 3.8) is 0 Å². The lowest BCUT2D eigenvalue weighted by atomic mass is 9.96. The van der Waals surface area contributed by atoms with Gasteiger partial charge in [-0.2, -0.15) is 0 Å². The van der Waals surface area contributed by atoms with E-state index in [-0.39, 0.29) is 17.9 Å². The molecule has 1 amide bonds. The highest BCUT2D eigenvalue weighted by molar-refractivity contribution is 5.81. The van der Waals surface area contributed by atoms with Crippen molar-refractivity contribution in [1.29, 1.82) is 0 Å². The molecule has 1 atom stereocenters. The largest absolute Gasteiger partial charge is 0.481 e. The predicted octanol–water partition coefficient (Wildman–Crippen LogP) is 1.48. The van der Waals surface area contributed by atoms with Gasteiger partial charge in [-0.1, -0.05) is 19.8 Å². The van der Waals surface area contributed by atoms with Crippen molar-refractivity contribution in [2.24, 2.45) is 5.92 Å². The maximum atomic E-state index is 12.0. The smallest absolute Gasteiger partial charge is 0.306 e. The second kappa shape index (κ2) is 8.15. The summed E-state index contributed by atoms with van der Waals surface area (Å²) in [7, 11) is 0. The first-order valence-corrected chi connectivity index (χ1v) is 7.30. The number of carboxylic acids is 1. The van der Waals surface area contributed by atoms with Gasteiger partial charge in [-0.05, 0) is 39.3 Å². The summed E-state index contributed by atoms with van der Waals surface area (Å²) in [5.74, 6) is -0.891. The van der Waals surface area contributed by atoms with Crippen LogP contribution >= 0.6 is 0 Å². The van der Waals surface area contributed by atoms with Crippen LogP contribution in [0.5, 0.6) is 0 Å². The minimum atomic E-state index is -0.712. The molecule has 2 N–H and O–H groups in total. The second-order valence-corrected chi connectivity index (χ2v) is 5.32. The molecule has 0 bridgehead atoms. The van der Waals surface area contributed by atoms with Crippen molar-refractivity contribution in [1.82, 2.24) is 10.2 Å². The van der Waals surface area contributed by atoms with E-state index in [1.165, 1.54) is 0 Å². The zero-order valence-corrected chi connectivity index (χ0v) is 12.0. The molecule has 0 aromatic rings. The Labute approximate surface area is 115 Å². The number of carbonyl (C=O) groups is 2. The number of hydrogen-bond donors (Lipinski definition) is 2. The third kappa shape index (κ3) is 5.19. The van der Waals surface area contributed by atoms with Crippen molar-refractivity contribution < 1.29 is 14.7 Å². The van der Waals surface area contributed by atoms with Gasteiger partial charge in [-0.15, -0.1) is 0 Å². The molecular weight excluding hydrogens is 244 g/mol. The molecule has 5 heteroatoms. The lowest BCUT2D eigenvalue weighted by Crippen LogP contribution is -2.49. The Hall–Kier alpha value is -1.10. The maximum absolute atomic E-state index is 12.0. The van der Waals surface area contributed by atoms with Crippen LogP contribution in [0.2, 0.25) is 0 Å². The Morgan fingerprint density at radius 2 is 1.95 bits per heavy atom. The number of aliphatic carboxylic acids is 1. The zero-order chi connectivity index (χ0) is 14.3. The molecule has 110 valence electrons. The van der Waals surface area contributed by atoms with Crippen LogP contribution in [0.1, 0.15) is 46.0 Å². The average molecular weight is 270 g/mol. The van der Waals surface area contributed by atoms with E-state index in [1.54, 1.807) is 0 Å². The first-order chi connectivity index (χ1) is 9.06. The lowest BCUT2D eigenvalue weighted by Gasteiger charge is -2.33. The number of nitrogens with one attached hydrogen (secondary N) is 1. The minimum absolute atomic E-state index is 0.0601. The number of piperidine rings is 1. The topological polar surface area (TPSA) is 69.6 Å². The van der Waals surface area contributed by atoms with Crippen molar-refractivity contribution >= 4 is 11.9 Å². The molecule has 0 radical (unpaired) electrons. The van der Waals surface area contributed by atoms with E-state index in [9.17, 15) is 9.59 Å². The number of likely N-dealkylation sites (tertiary alicyclic amines) is 1. The Morgan fingerprint density at radius 1 is 1.32 bits per heavy atom. The third-order valence-corrected chi connectivity index (χ3v) is 3.89. The number of carbonyl (C=O) groups excluding carboxylic acids is 1. The van der Waals surface area contributed by atoms with Crippen LogP contribution in [-0.2, 0) is 9.59 Å². The standard InChI is InChI=1S/C14H26N2O3/c1-3-4-5-8-15-13(17)11(2)16-9-6-12(7-10-16)14(18)19/h11-12H,3-10H2,1-2H3,(H,15,17)(H,18,19). The molecule has 1 unspecified atom stereocenters. The van der Waals surface area contributed by atoms with Gasteiger partial charge in [-0.25, -0.2) is 0 Å². The SMILES string of the molecule is CCCCCNC(=O)C(C)N1CCC(C(=O)O)CC1. The number of nitrogens with zero attached hydrogens (tertiary/aromatic N) is 1. The van der Waals surface area contributed by atoms with E-state index in [2.05, 4.69) is 17.1 Å². The highest BCUT2D eigenvalue weighted by Gasteiger charge is 2.29. The van der Waals surface area contributed by atoms with E-state index in [4.69, 9.17) is 5.11 Å². The molecule has 0 aromatic heterocycles. The molecule has 5 nitrogen and oxygen atoms in total. The summed E-state index contributed by atoms with van der Waals surface area (Å²) >= 11 is 0. The summed E-state index contributed by atoms with van der Waals surface area (Å²) in [6.07, 6.45) is 4.59. The summed E-state index contributed by atoms with van der Waals surface area (Å²) in [5, 5.41) is 11.9. The molecule has 0 saturated carbocycles. The van der Waals surface area contributed by atoms with E-state index in [1.807, 2.05) is 6.92 Å². The third-order valence-electron chi connectivity index (χ3n) is 3.89. The molecule has 1 heterocycles. The van der Waals surface area contributed by atoms with E-state index < -0.39 is 5.97 Å². The van der Waals surface area contributed by atoms with Crippen LogP contribution in [0.25, 0.3) is 0 Å². The van der Waals surface area contributed by atoms with Gasteiger partial charge in [0.1, 0.15) is 0 Å². The summed E-state index contributed by atoms with van der Waals surface area (Å²) in [6.45, 7) is 6.16. The summed E-state index contributed by atoms with van der Waals surface area (Å²) in [6, 6.07) is -0.156. The van der Waals surface area contributed by atoms with Crippen LogP contribution < -0.4 is 5.32 Å². The molecule has 1 saturated heterocycles. The molecular formula is C14H26N2O3. The van der Waals surface area contributed by atoms with Crippen LogP contribution in [-0.4, -0.2) is 47.6 Å². The minimum Gasteiger partial charge on any atom is -0.481 e. The van der Waals surface area contributed by atoms with Crippen LogP contribution in [0.4, 0.5) is 0 Å². The number of carboxylic acid groups (broad SMARTS) is 1. The predicted molar refractivity (Wildman–Crippen MR) is 73.9 cm³/mol. The van der Waals surface area contributed by atoms with Gasteiger partial charge in [0.2, 0.25) is 5.91 Å². The van der Waals surface area contributed by atoms with Crippen molar-refractivity contribution in [2.45, 2.75) is 52.0 Å². The van der Waals surface area contributed by atoms with Crippen LogP contribution in [0, 0.1) is 5.92 Å². The van der Waals surface area contributed by atoms with Gasteiger partial charge in [-0.3, -0.25) is 14.5 Å². The quantitative estimate of drug-likeness (QED) is 0.687. The molecule has 0 aliphatic carbocycles. The van der Waals surface area contributed by atoms with Gasteiger partial charge >= 0.3 is 5.97 Å². The van der Waals surface area contributed by atoms with Gasteiger partial charge in [0.05, 0.1) is 12.0 Å². The average Bonchev–Trinajstić information content (AvgIpc) is 2.42. The Kier molecular flexibility index (Phi) is 6.84. The number of rotatable bonds is 7. The first kappa shape index (κ1) is 16.0.